The third-order valence-corrected chi connectivity index (χ3v) is 0. The van der Waals surface area contributed by atoms with Gasteiger partial charge in [-0.1, -0.05) is 0 Å². The van der Waals surface area contributed by atoms with Crippen LogP contribution in [0, 0.1) is 0 Å². The van der Waals surface area contributed by atoms with Crippen molar-refractivity contribution in [3.8, 4) is 0 Å². The molecule has 0 aromatic carbocycles. The average molecular weight is 184 g/mol. The summed E-state index contributed by atoms with van der Waals surface area (Å²) in [6.45, 7) is 0. The van der Waals surface area contributed by atoms with Crippen molar-refractivity contribution in [1.82, 2.24) is 0 Å². The van der Waals surface area contributed by atoms with Gasteiger partial charge in [0.1, 0.15) is 0 Å². The molecular formula is CH2O4Pd. The van der Waals surface area contributed by atoms with E-state index < -0.39 is 6.16 Å². The molecule has 0 fully saturated rings. The van der Waals surface area contributed by atoms with E-state index >= 15 is 0 Å². The fourth-order valence-corrected chi connectivity index (χ4v) is 0. The molecule has 2 N–H and O–H groups in total. The van der Waals surface area contributed by atoms with Crippen molar-refractivity contribution in [2.75, 3.05) is 0 Å². The monoisotopic (exact) mass is 184 g/mol. The second-order valence-corrected chi connectivity index (χ2v) is 0.283. The number of hydrogen-bond donors (Lipinski definition) is 2. The van der Waals surface area contributed by atoms with Gasteiger partial charge >= 0.3 is 28.8 Å². The fraction of sp³-hybridized carbons (Fsp3) is 0. The minimum absolute atomic E-state index is 1.50. The predicted molar refractivity (Wildman–Crippen MR) is 11.3 cm³/mol. The summed E-state index contributed by atoms with van der Waals surface area (Å²) >= 11 is 1.50. The molecule has 40 valence electrons. The summed E-state index contributed by atoms with van der Waals surface area (Å²) in [5.41, 5.74) is 0. The van der Waals surface area contributed by atoms with Crippen molar-refractivity contribution >= 4 is 6.16 Å². The summed E-state index contributed by atoms with van der Waals surface area (Å²) in [5, 5.41) is 13.9. The molecule has 0 rings (SSSR count). The number of rotatable bonds is 0. The van der Waals surface area contributed by atoms with Crippen molar-refractivity contribution in [2.24, 2.45) is 0 Å². The molecule has 0 bridgehead atoms. The van der Waals surface area contributed by atoms with Gasteiger partial charge in [-0.25, -0.2) is 4.79 Å². The van der Waals surface area contributed by atoms with Crippen molar-refractivity contribution in [2.45, 2.75) is 0 Å². The minimum atomic E-state index is -1.83. The van der Waals surface area contributed by atoms with Crippen LogP contribution in [0.1, 0.15) is 0 Å². The van der Waals surface area contributed by atoms with Gasteiger partial charge in [0.25, 0.3) is 0 Å². The van der Waals surface area contributed by atoms with E-state index in [0.717, 1.165) is 0 Å². The molecule has 6 heavy (non-hydrogen) atoms. The van der Waals surface area contributed by atoms with Crippen LogP contribution in [0.25, 0.3) is 0 Å². The van der Waals surface area contributed by atoms with E-state index in [-0.39, 0.29) is 0 Å². The van der Waals surface area contributed by atoms with E-state index in [0.29, 0.717) is 0 Å². The average Bonchev–Trinajstić information content (AvgIpc) is 1.41. The van der Waals surface area contributed by atoms with E-state index in [2.05, 4.69) is 0 Å². The summed E-state index contributed by atoms with van der Waals surface area (Å²) in [7, 11) is 0. The molecule has 0 atom stereocenters. The van der Waals surface area contributed by atoms with Crippen LogP contribution in [-0.4, -0.2) is 16.4 Å². The molecule has 0 aliphatic heterocycles. The van der Waals surface area contributed by atoms with E-state index in [1.54, 1.807) is 0 Å². The Kier molecular flexibility index (Phi) is 13.6. The van der Waals surface area contributed by atoms with Gasteiger partial charge in [-0.15, -0.1) is 0 Å². The molecule has 0 saturated heterocycles. The summed E-state index contributed by atoms with van der Waals surface area (Å²) < 4.78 is 8.10. The predicted octanol–water partition coefficient (Wildman–Crippen LogP) is 0.101. The van der Waals surface area contributed by atoms with Crippen LogP contribution in [0.15, 0.2) is 0 Å². The molecule has 0 heterocycles. The zero-order valence-corrected chi connectivity index (χ0v) is 4.08. The topological polar surface area (TPSA) is 74.6 Å². The molecule has 0 amide bonds. The van der Waals surface area contributed by atoms with Gasteiger partial charge in [-0.2, -0.15) is 0 Å². The number of carboxylic acid groups (broad SMARTS) is 2. The summed E-state index contributed by atoms with van der Waals surface area (Å²) in [6, 6.07) is 0. The third-order valence-electron chi connectivity index (χ3n) is 0. The van der Waals surface area contributed by atoms with Gasteiger partial charge in [0.05, 0.1) is 0 Å². The van der Waals surface area contributed by atoms with E-state index in [1.165, 1.54) is 19.2 Å². The molecule has 0 aromatic rings. The van der Waals surface area contributed by atoms with Crippen molar-refractivity contribution in [3.63, 3.8) is 0 Å². The van der Waals surface area contributed by atoms with Gasteiger partial charge < -0.3 is 10.2 Å². The van der Waals surface area contributed by atoms with Gasteiger partial charge in [-0.05, 0) is 0 Å². The Bertz CT molecular complexity index is 38.8. The van der Waals surface area contributed by atoms with Gasteiger partial charge in [-0.3, -0.25) is 0 Å². The van der Waals surface area contributed by atoms with Crippen molar-refractivity contribution < 1.29 is 37.6 Å². The van der Waals surface area contributed by atoms with Crippen LogP contribution in [0.2, 0.25) is 0 Å². The van der Waals surface area contributed by atoms with Gasteiger partial charge in [0.15, 0.2) is 0 Å². The number of carbonyl (C=O) groups is 1. The molecular weight excluding hydrogens is 182 g/mol. The molecule has 0 aliphatic carbocycles. The van der Waals surface area contributed by atoms with Gasteiger partial charge in [0, 0.05) is 0 Å². The first-order valence-corrected chi connectivity index (χ1v) is 1.42. The molecule has 0 aliphatic rings. The zero-order valence-electron chi connectivity index (χ0n) is 2.53. The van der Waals surface area contributed by atoms with E-state index in [4.69, 9.17) is 18.5 Å². The molecule has 0 spiro atoms. The van der Waals surface area contributed by atoms with Crippen LogP contribution in [-0.2, 0) is 22.6 Å². The first kappa shape index (κ1) is 9.22. The Hall–Kier alpha value is -0.268. The molecule has 0 aromatic heterocycles. The summed E-state index contributed by atoms with van der Waals surface area (Å²) in [4.78, 5) is 8.56. The van der Waals surface area contributed by atoms with Gasteiger partial charge in [0.2, 0.25) is 0 Å². The second kappa shape index (κ2) is 8.83. The third kappa shape index (κ3) is 389. The molecule has 0 saturated carbocycles. The first-order chi connectivity index (χ1) is 2.73. The molecule has 5 heteroatoms. The van der Waals surface area contributed by atoms with Crippen LogP contribution >= 0.6 is 0 Å². The van der Waals surface area contributed by atoms with Crippen LogP contribution < -0.4 is 0 Å². The van der Waals surface area contributed by atoms with Crippen LogP contribution in [0.4, 0.5) is 4.79 Å². The Labute approximate surface area is 44.5 Å². The second-order valence-electron chi connectivity index (χ2n) is 0.283. The van der Waals surface area contributed by atoms with E-state index in [9.17, 15) is 0 Å². The van der Waals surface area contributed by atoms with Crippen molar-refractivity contribution in [1.29, 1.82) is 0 Å². The quantitative estimate of drug-likeness (QED) is 0.524. The SMILES string of the molecule is O=C(O)O.[O]=[Pd]. The van der Waals surface area contributed by atoms with Crippen LogP contribution in [0.3, 0.4) is 0 Å². The standard InChI is InChI=1S/CH2O3.O.Pd/c2-1(3)4;;/h(H2,2,3,4);;. The Morgan fingerprint density at radius 3 is 1.33 bits per heavy atom. The summed E-state index contributed by atoms with van der Waals surface area (Å²) in [5.74, 6) is 0. The fourth-order valence-electron chi connectivity index (χ4n) is 0. The maximum atomic E-state index is 8.56. The Morgan fingerprint density at radius 2 is 1.33 bits per heavy atom. The molecule has 0 unspecified atom stereocenters. The van der Waals surface area contributed by atoms with Crippen molar-refractivity contribution in [3.05, 3.63) is 0 Å². The normalized spacial score (nSPS) is 5.00. The van der Waals surface area contributed by atoms with Crippen LogP contribution in [0.5, 0.6) is 0 Å². The summed E-state index contributed by atoms with van der Waals surface area (Å²) in [6.07, 6.45) is -1.83. The molecule has 4 nitrogen and oxygen atoms in total. The number of hydrogen-bond acceptors (Lipinski definition) is 2. The molecule has 0 radical (unpaired) electrons. The van der Waals surface area contributed by atoms with E-state index in [1.807, 2.05) is 0 Å². The zero-order chi connectivity index (χ0) is 5.58. The first-order valence-electron chi connectivity index (χ1n) is 0.780. The maximum absolute atomic E-state index is 8.56. The Morgan fingerprint density at radius 1 is 1.33 bits per heavy atom. The Balaban J connectivity index is 0.